The van der Waals surface area contributed by atoms with Crippen molar-refractivity contribution in [2.45, 2.75) is 25.4 Å². The Morgan fingerprint density at radius 3 is 2.65 bits per heavy atom. The topological polar surface area (TPSA) is 81.6 Å². The molecule has 1 atom stereocenters. The van der Waals surface area contributed by atoms with Crippen LogP contribution in [0.25, 0.3) is 0 Å². The van der Waals surface area contributed by atoms with Crippen molar-refractivity contribution in [1.29, 1.82) is 0 Å². The van der Waals surface area contributed by atoms with Crippen LogP contribution in [0.2, 0.25) is 0 Å². The van der Waals surface area contributed by atoms with Crippen molar-refractivity contribution in [2.24, 2.45) is 0 Å². The first-order valence-electron chi connectivity index (χ1n) is 5.83. The second kappa shape index (κ2) is 7.11. The van der Waals surface area contributed by atoms with E-state index in [1.807, 2.05) is 0 Å². The molecule has 5 nitrogen and oxygen atoms in total. The zero-order valence-corrected chi connectivity index (χ0v) is 10.4. The van der Waals surface area contributed by atoms with Gasteiger partial charge in [0.1, 0.15) is 6.23 Å². The fraction of sp³-hybridized carbons (Fsp3) is 0.417. The van der Waals surface area contributed by atoms with E-state index in [9.17, 15) is 23.1 Å². The molecule has 1 amide bonds. The molecule has 0 radical (unpaired) electrons. The van der Waals surface area contributed by atoms with Crippen LogP contribution in [-0.4, -0.2) is 29.1 Å². The summed E-state index contributed by atoms with van der Waals surface area (Å²) in [5.41, 5.74) is -0.371. The van der Waals surface area contributed by atoms with E-state index in [1.165, 1.54) is 12.1 Å². The van der Waals surface area contributed by atoms with Crippen molar-refractivity contribution in [3.63, 3.8) is 0 Å². The van der Waals surface area contributed by atoms with Gasteiger partial charge >= 0.3 is 12.3 Å². The molecule has 0 saturated heterocycles. The smallest absolute Gasteiger partial charge is 0.416 e. The van der Waals surface area contributed by atoms with E-state index in [2.05, 4.69) is 10.6 Å². The maximum absolute atomic E-state index is 12.5. The van der Waals surface area contributed by atoms with E-state index in [-0.39, 0.29) is 19.5 Å². The number of rotatable bonds is 6. The number of carboxylic acid groups (broad SMARTS) is 1. The Labute approximate surface area is 113 Å². The first kappa shape index (κ1) is 16.3. The summed E-state index contributed by atoms with van der Waals surface area (Å²) in [5, 5.41) is 22.5. The summed E-state index contributed by atoms with van der Waals surface area (Å²) in [6.07, 6.45) is -6.49. The van der Waals surface area contributed by atoms with Crippen LogP contribution in [-0.2, 0) is 12.7 Å². The SMILES string of the molecule is O=C(O)NCCC(O)NCc1cccc(C(F)(F)F)c1. The quantitative estimate of drug-likeness (QED) is 0.602. The van der Waals surface area contributed by atoms with Crippen LogP contribution < -0.4 is 10.6 Å². The van der Waals surface area contributed by atoms with Crippen molar-refractivity contribution in [2.75, 3.05) is 6.54 Å². The maximum atomic E-state index is 12.5. The highest BCUT2D eigenvalue weighted by Gasteiger charge is 2.30. The lowest BCUT2D eigenvalue weighted by Crippen LogP contribution is -2.33. The van der Waals surface area contributed by atoms with E-state index < -0.39 is 24.1 Å². The Morgan fingerprint density at radius 2 is 2.05 bits per heavy atom. The van der Waals surface area contributed by atoms with Gasteiger partial charge < -0.3 is 15.5 Å². The lowest BCUT2D eigenvalue weighted by Gasteiger charge is -2.14. The highest BCUT2D eigenvalue weighted by atomic mass is 19.4. The van der Waals surface area contributed by atoms with Crippen molar-refractivity contribution < 1.29 is 28.2 Å². The fourth-order valence-corrected chi connectivity index (χ4v) is 1.51. The number of benzene rings is 1. The number of amides is 1. The molecule has 0 saturated carbocycles. The number of aliphatic hydroxyl groups is 1. The van der Waals surface area contributed by atoms with Gasteiger partial charge in [0, 0.05) is 19.5 Å². The van der Waals surface area contributed by atoms with Gasteiger partial charge in [0.15, 0.2) is 0 Å². The molecule has 8 heteroatoms. The van der Waals surface area contributed by atoms with Gasteiger partial charge in [-0.15, -0.1) is 0 Å². The number of halogens is 3. The third-order valence-electron chi connectivity index (χ3n) is 2.49. The number of alkyl halides is 3. The normalized spacial score (nSPS) is 13.0. The van der Waals surface area contributed by atoms with Crippen molar-refractivity contribution >= 4 is 6.09 Å². The van der Waals surface area contributed by atoms with Crippen LogP contribution in [0.3, 0.4) is 0 Å². The Bertz CT molecular complexity index is 452. The first-order chi connectivity index (χ1) is 9.29. The molecule has 1 aromatic rings. The average molecular weight is 292 g/mol. The fourth-order valence-electron chi connectivity index (χ4n) is 1.51. The van der Waals surface area contributed by atoms with Gasteiger partial charge in [-0.3, -0.25) is 5.32 Å². The molecule has 0 aromatic heterocycles. The Morgan fingerprint density at radius 1 is 1.35 bits per heavy atom. The molecular weight excluding hydrogens is 277 g/mol. The first-order valence-corrected chi connectivity index (χ1v) is 5.83. The minimum absolute atomic E-state index is 0.0477. The standard InChI is InChI=1S/C12H15F3N2O3/c13-12(14,15)9-3-1-2-8(6-9)7-17-10(18)4-5-16-11(19)20/h1-3,6,10,16-18H,4-5,7H2,(H,19,20). The molecule has 0 bridgehead atoms. The highest BCUT2D eigenvalue weighted by Crippen LogP contribution is 2.29. The molecule has 4 N–H and O–H groups in total. The molecule has 20 heavy (non-hydrogen) atoms. The van der Waals surface area contributed by atoms with Crippen LogP contribution in [0, 0.1) is 0 Å². The Hall–Kier alpha value is -1.80. The Balaban J connectivity index is 2.43. The van der Waals surface area contributed by atoms with Gasteiger partial charge in [0.05, 0.1) is 5.56 Å². The summed E-state index contributed by atoms with van der Waals surface area (Å²) in [6.45, 7) is 0.101. The van der Waals surface area contributed by atoms with Gasteiger partial charge in [-0.2, -0.15) is 13.2 Å². The minimum atomic E-state index is -4.40. The predicted octanol–water partition coefficient (Wildman–Crippen LogP) is 1.77. The second-order valence-corrected chi connectivity index (χ2v) is 4.12. The highest BCUT2D eigenvalue weighted by molar-refractivity contribution is 5.64. The number of aliphatic hydroxyl groups excluding tert-OH is 1. The van der Waals surface area contributed by atoms with Crippen molar-refractivity contribution in [1.82, 2.24) is 10.6 Å². The van der Waals surface area contributed by atoms with E-state index >= 15 is 0 Å². The molecule has 1 aromatic carbocycles. The third kappa shape index (κ3) is 5.89. The van der Waals surface area contributed by atoms with E-state index in [1.54, 1.807) is 0 Å². The lowest BCUT2D eigenvalue weighted by atomic mass is 10.1. The molecular formula is C12H15F3N2O3. The molecule has 0 aliphatic carbocycles. The van der Waals surface area contributed by atoms with E-state index in [0.717, 1.165) is 12.1 Å². The molecule has 0 heterocycles. The molecule has 0 spiro atoms. The summed E-state index contributed by atoms with van der Waals surface area (Å²) < 4.78 is 37.4. The van der Waals surface area contributed by atoms with Crippen molar-refractivity contribution in [3.8, 4) is 0 Å². The van der Waals surface area contributed by atoms with Crippen LogP contribution in [0.15, 0.2) is 24.3 Å². The number of hydrogen-bond donors (Lipinski definition) is 4. The minimum Gasteiger partial charge on any atom is -0.465 e. The summed E-state index contributed by atoms with van der Waals surface area (Å²) >= 11 is 0. The molecule has 0 aliphatic rings. The molecule has 1 rings (SSSR count). The van der Waals surface area contributed by atoms with E-state index in [0.29, 0.717) is 5.56 Å². The summed E-state index contributed by atoms with van der Waals surface area (Å²) in [7, 11) is 0. The monoisotopic (exact) mass is 292 g/mol. The molecule has 112 valence electrons. The van der Waals surface area contributed by atoms with E-state index in [4.69, 9.17) is 5.11 Å². The largest absolute Gasteiger partial charge is 0.465 e. The second-order valence-electron chi connectivity index (χ2n) is 4.12. The molecule has 1 unspecified atom stereocenters. The Kier molecular flexibility index (Phi) is 5.78. The third-order valence-corrected chi connectivity index (χ3v) is 2.49. The zero-order valence-electron chi connectivity index (χ0n) is 10.4. The summed E-state index contributed by atoms with van der Waals surface area (Å²) in [5.74, 6) is 0. The van der Waals surface area contributed by atoms with Gasteiger partial charge in [-0.1, -0.05) is 18.2 Å². The van der Waals surface area contributed by atoms with Crippen LogP contribution >= 0.6 is 0 Å². The maximum Gasteiger partial charge on any atom is 0.416 e. The van der Waals surface area contributed by atoms with Gasteiger partial charge in [0.25, 0.3) is 0 Å². The number of carbonyl (C=O) groups is 1. The van der Waals surface area contributed by atoms with Crippen molar-refractivity contribution in [3.05, 3.63) is 35.4 Å². The number of nitrogens with one attached hydrogen (secondary N) is 2. The van der Waals surface area contributed by atoms with Crippen LogP contribution in [0.1, 0.15) is 17.5 Å². The van der Waals surface area contributed by atoms with Gasteiger partial charge in [-0.25, -0.2) is 4.79 Å². The summed E-state index contributed by atoms with van der Waals surface area (Å²) in [6, 6.07) is 4.76. The molecule has 0 aliphatic heterocycles. The lowest BCUT2D eigenvalue weighted by molar-refractivity contribution is -0.137. The van der Waals surface area contributed by atoms with Gasteiger partial charge in [0.2, 0.25) is 0 Å². The summed E-state index contributed by atoms with van der Waals surface area (Å²) in [4.78, 5) is 10.2. The predicted molar refractivity (Wildman–Crippen MR) is 64.9 cm³/mol. The molecule has 0 fully saturated rings. The average Bonchev–Trinajstić information content (AvgIpc) is 2.35. The van der Waals surface area contributed by atoms with Crippen LogP contribution in [0.5, 0.6) is 0 Å². The van der Waals surface area contributed by atoms with Crippen LogP contribution in [0.4, 0.5) is 18.0 Å². The number of hydrogen-bond acceptors (Lipinski definition) is 3. The van der Waals surface area contributed by atoms with Gasteiger partial charge in [-0.05, 0) is 11.6 Å². The zero-order chi connectivity index (χ0) is 15.2.